The topological polar surface area (TPSA) is 72.9 Å². The monoisotopic (exact) mass is 340 g/mol. The Bertz CT molecular complexity index is 652. The van der Waals surface area contributed by atoms with Gasteiger partial charge in [-0.1, -0.05) is 24.4 Å². The van der Waals surface area contributed by atoms with Gasteiger partial charge in [0.1, 0.15) is 0 Å². The molecule has 1 aromatic heterocycles. The van der Waals surface area contributed by atoms with E-state index in [1.54, 1.807) is 23.0 Å². The van der Waals surface area contributed by atoms with E-state index in [-0.39, 0.29) is 18.3 Å². The summed E-state index contributed by atoms with van der Waals surface area (Å²) in [7, 11) is 0. The third-order valence-corrected chi connectivity index (χ3v) is 4.21. The molecule has 1 heterocycles. The van der Waals surface area contributed by atoms with Gasteiger partial charge < -0.3 is 11.1 Å². The Morgan fingerprint density at radius 2 is 2.09 bits per heavy atom. The number of nitrogens with one attached hydrogen (secondary N) is 1. The van der Waals surface area contributed by atoms with Crippen LogP contribution in [0.3, 0.4) is 0 Å². The Kier molecular flexibility index (Phi) is 5.11. The molecule has 7 heteroatoms. The zero-order valence-electron chi connectivity index (χ0n) is 12.0. The highest BCUT2D eigenvalue weighted by Gasteiger charge is 2.36. The fourth-order valence-corrected chi connectivity index (χ4v) is 2.94. The second-order valence-corrected chi connectivity index (χ2v) is 5.84. The summed E-state index contributed by atoms with van der Waals surface area (Å²) in [6.45, 7) is 0. The minimum absolute atomic E-state index is 0. The molecule has 22 heavy (non-hydrogen) atoms. The largest absolute Gasteiger partial charge is 0.324 e. The van der Waals surface area contributed by atoms with Crippen molar-refractivity contribution in [2.75, 3.05) is 5.32 Å². The molecule has 0 unspecified atom stereocenters. The molecule has 1 aliphatic rings. The first-order valence-electron chi connectivity index (χ1n) is 6.98. The number of nitrogens with two attached hydrogens (primary N) is 1. The Labute approximate surface area is 140 Å². The van der Waals surface area contributed by atoms with Gasteiger partial charge >= 0.3 is 0 Å². The molecule has 0 radical (unpaired) electrons. The molecule has 0 saturated heterocycles. The minimum atomic E-state index is -0.743. The Morgan fingerprint density at radius 3 is 2.68 bits per heavy atom. The number of carbonyl (C=O) groups is 1. The molecule has 3 rings (SSSR count). The van der Waals surface area contributed by atoms with Gasteiger partial charge in [0.05, 0.1) is 16.2 Å². The van der Waals surface area contributed by atoms with Crippen LogP contribution in [0, 0.1) is 0 Å². The summed E-state index contributed by atoms with van der Waals surface area (Å²) in [5, 5.41) is 7.52. The van der Waals surface area contributed by atoms with Gasteiger partial charge in [-0.25, -0.2) is 4.68 Å². The fraction of sp³-hybridized carbons (Fsp3) is 0.333. The molecule has 2 aromatic rings. The van der Waals surface area contributed by atoms with Gasteiger partial charge in [0.2, 0.25) is 5.91 Å². The predicted octanol–water partition coefficient (Wildman–Crippen LogP) is 3.16. The van der Waals surface area contributed by atoms with Crippen LogP contribution in [0.15, 0.2) is 36.7 Å². The van der Waals surface area contributed by atoms with Gasteiger partial charge in [-0.15, -0.1) is 12.4 Å². The van der Waals surface area contributed by atoms with Crippen molar-refractivity contribution >= 4 is 35.6 Å². The predicted molar refractivity (Wildman–Crippen MR) is 89.8 cm³/mol. The van der Waals surface area contributed by atoms with Crippen molar-refractivity contribution in [1.29, 1.82) is 0 Å². The van der Waals surface area contributed by atoms with Crippen molar-refractivity contribution in [3.05, 3.63) is 41.7 Å². The average Bonchev–Trinajstić information content (AvgIpc) is 3.11. The van der Waals surface area contributed by atoms with Crippen molar-refractivity contribution in [3.8, 4) is 5.69 Å². The van der Waals surface area contributed by atoms with E-state index in [1.165, 1.54) is 0 Å². The Morgan fingerprint density at radius 1 is 1.36 bits per heavy atom. The summed E-state index contributed by atoms with van der Waals surface area (Å²) in [5.74, 6) is -0.136. The maximum atomic E-state index is 12.3. The molecule has 0 atom stereocenters. The van der Waals surface area contributed by atoms with Crippen LogP contribution in [0.4, 0.5) is 5.69 Å². The van der Waals surface area contributed by atoms with Crippen molar-refractivity contribution < 1.29 is 4.79 Å². The SMILES string of the molecule is Cl.NC1(C(=O)Nc2ccc(-n3cccn3)c(Cl)c2)CCCC1. The molecular weight excluding hydrogens is 323 g/mol. The molecule has 118 valence electrons. The van der Waals surface area contributed by atoms with Crippen LogP contribution in [0.2, 0.25) is 5.02 Å². The van der Waals surface area contributed by atoms with E-state index in [0.29, 0.717) is 10.7 Å². The molecule has 1 fully saturated rings. The lowest BCUT2D eigenvalue weighted by molar-refractivity contribution is -0.121. The number of rotatable bonds is 3. The minimum Gasteiger partial charge on any atom is -0.324 e. The lowest BCUT2D eigenvalue weighted by Gasteiger charge is -2.22. The average molecular weight is 341 g/mol. The van der Waals surface area contributed by atoms with E-state index >= 15 is 0 Å². The molecule has 5 nitrogen and oxygen atoms in total. The molecule has 1 aromatic carbocycles. The zero-order chi connectivity index (χ0) is 14.9. The van der Waals surface area contributed by atoms with E-state index in [9.17, 15) is 4.79 Å². The number of aromatic nitrogens is 2. The van der Waals surface area contributed by atoms with Gasteiger partial charge in [0, 0.05) is 18.1 Å². The second-order valence-electron chi connectivity index (χ2n) is 5.43. The number of benzene rings is 1. The van der Waals surface area contributed by atoms with Crippen LogP contribution in [0.1, 0.15) is 25.7 Å². The summed E-state index contributed by atoms with van der Waals surface area (Å²) in [6.07, 6.45) is 6.97. The van der Waals surface area contributed by atoms with Crippen molar-refractivity contribution in [3.63, 3.8) is 0 Å². The van der Waals surface area contributed by atoms with E-state index in [4.69, 9.17) is 17.3 Å². The molecular formula is C15H18Cl2N4O. The summed E-state index contributed by atoms with van der Waals surface area (Å²) in [6, 6.07) is 7.17. The van der Waals surface area contributed by atoms with Crippen LogP contribution >= 0.6 is 24.0 Å². The number of halogens is 2. The normalized spacial score (nSPS) is 16.1. The highest BCUT2D eigenvalue weighted by Crippen LogP contribution is 2.29. The number of anilines is 1. The number of nitrogens with zero attached hydrogens (tertiary/aromatic N) is 2. The van der Waals surface area contributed by atoms with Gasteiger partial charge in [-0.05, 0) is 37.1 Å². The highest BCUT2D eigenvalue weighted by atomic mass is 35.5. The quantitative estimate of drug-likeness (QED) is 0.901. The lowest BCUT2D eigenvalue weighted by atomic mass is 9.98. The molecule has 0 spiro atoms. The standard InChI is InChI=1S/C15H17ClN4O.ClH/c16-12-10-11(4-5-13(12)20-9-3-8-18-20)19-14(21)15(17)6-1-2-7-15;/h3-5,8-10H,1-2,6-7,17H2,(H,19,21);1H. The van der Waals surface area contributed by atoms with Crippen LogP contribution in [0.5, 0.6) is 0 Å². The highest BCUT2D eigenvalue weighted by molar-refractivity contribution is 6.32. The number of carbonyl (C=O) groups excluding carboxylic acids is 1. The van der Waals surface area contributed by atoms with Gasteiger partial charge in [-0.2, -0.15) is 5.10 Å². The maximum absolute atomic E-state index is 12.3. The first-order chi connectivity index (χ1) is 10.1. The first-order valence-corrected chi connectivity index (χ1v) is 7.36. The third kappa shape index (κ3) is 3.27. The molecule has 1 amide bonds. The molecule has 1 saturated carbocycles. The van der Waals surface area contributed by atoms with Crippen LogP contribution in [-0.2, 0) is 4.79 Å². The van der Waals surface area contributed by atoms with Crippen LogP contribution in [-0.4, -0.2) is 21.2 Å². The maximum Gasteiger partial charge on any atom is 0.244 e. The summed E-state index contributed by atoms with van der Waals surface area (Å²) >= 11 is 6.26. The Hall–Kier alpha value is -1.56. The first kappa shape index (κ1) is 16.8. The van der Waals surface area contributed by atoms with Crippen LogP contribution < -0.4 is 11.1 Å². The summed E-state index contributed by atoms with van der Waals surface area (Å²) < 4.78 is 1.68. The van der Waals surface area contributed by atoms with Crippen molar-refractivity contribution in [2.24, 2.45) is 5.73 Å². The lowest BCUT2D eigenvalue weighted by Crippen LogP contribution is -2.48. The fourth-order valence-electron chi connectivity index (χ4n) is 2.67. The molecule has 0 aliphatic heterocycles. The van der Waals surface area contributed by atoms with E-state index in [2.05, 4.69) is 10.4 Å². The zero-order valence-corrected chi connectivity index (χ0v) is 13.5. The van der Waals surface area contributed by atoms with Gasteiger partial charge in [0.25, 0.3) is 0 Å². The number of amides is 1. The molecule has 3 N–H and O–H groups in total. The van der Waals surface area contributed by atoms with Gasteiger partial charge in [0.15, 0.2) is 0 Å². The number of hydrogen-bond donors (Lipinski definition) is 2. The van der Waals surface area contributed by atoms with Gasteiger partial charge in [-0.3, -0.25) is 4.79 Å². The third-order valence-electron chi connectivity index (χ3n) is 3.90. The molecule has 0 bridgehead atoms. The second kappa shape index (κ2) is 6.69. The van der Waals surface area contributed by atoms with Crippen molar-refractivity contribution in [2.45, 2.75) is 31.2 Å². The van der Waals surface area contributed by atoms with Crippen molar-refractivity contribution in [1.82, 2.24) is 9.78 Å². The van der Waals surface area contributed by atoms with E-state index in [1.807, 2.05) is 18.3 Å². The van der Waals surface area contributed by atoms with E-state index in [0.717, 1.165) is 31.4 Å². The summed E-state index contributed by atoms with van der Waals surface area (Å²) in [4.78, 5) is 12.3. The van der Waals surface area contributed by atoms with E-state index < -0.39 is 5.54 Å². The number of hydrogen-bond acceptors (Lipinski definition) is 3. The summed E-state index contributed by atoms with van der Waals surface area (Å²) in [5.41, 5.74) is 6.81. The smallest absolute Gasteiger partial charge is 0.244 e. The Balaban J connectivity index is 0.00000176. The molecule has 1 aliphatic carbocycles. The van der Waals surface area contributed by atoms with Crippen LogP contribution in [0.25, 0.3) is 5.69 Å².